The second-order valence-electron chi connectivity index (χ2n) is 6.64. The monoisotopic (exact) mass is 414 g/mol. The van der Waals surface area contributed by atoms with Crippen LogP contribution in [0.25, 0.3) is 0 Å². The van der Waals surface area contributed by atoms with Crippen molar-refractivity contribution in [3.05, 3.63) is 47.5 Å². The predicted octanol–water partition coefficient (Wildman–Crippen LogP) is 3.22. The number of carbonyl (C=O) groups is 3. The first-order valence-electron chi connectivity index (χ1n) is 9.37. The molecule has 2 aromatic carbocycles. The number of amides is 2. The lowest BCUT2D eigenvalue weighted by Gasteiger charge is -2.12. The van der Waals surface area contributed by atoms with E-state index in [1.165, 1.54) is 14.2 Å². The summed E-state index contributed by atoms with van der Waals surface area (Å²) in [6.07, 6.45) is -0.177. The number of hydrogen-bond donors (Lipinski definition) is 2. The maximum Gasteiger partial charge on any atom is 0.306 e. The SMILES string of the molecule is COc1ccc(OC)c(NC(=O)COC(=O)CCC(=O)Nc2ccc(C)cc2C)c1. The molecule has 2 amide bonds. The first-order chi connectivity index (χ1) is 14.3. The Labute approximate surface area is 175 Å². The second kappa shape index (κ2) is 10.8. The first kappa shape index (κ1) is 22.7. The minimum atomic E-state index is -0.640. The van der Waals surface area contributed by atoms with Gasteiger partial charge in [0.25, 0.3) is 5.91 Å². The van der Waals surface area contributed by atoms with Crippen molar-refractivity contribution in [2.75, 3.05) is 31.5 Å². The summed E-state index contributed by atoms with van der Waals surface area (Å²) in [7, 11) is 2.98. The third-order valence-electron chi connectivity index (χ3n) is 4.26. The first-order valence-corrected chi connectivity index (χ1v) is 9.37. The molecule has 2 aromatic rings. The zero-order chi connectivity index (χ0) is 22.1. The van der Waals surface area contributed by atoms with Crippen molar-refractivity contribution in [3.8, 4) is 11.5 Å². The molecule has 0 atom stereocenters. The molecule has 160 valence electrons. The molecule has 0 aliphatic heterocycles. The van der Waals surface area contributed by atoms with Crippen LogP contribution >= 0.6 is 0 Å². The highest BCUT2D eigenvalue weighted by molar-refractivity contribution is 5.95. The van der Waals surface area contributed by atoms with Gasteiger partial charge in [0.15, 0.2) is 6.61 Å². The summed E-state index contributed by atoms with van der Waals surface area (Å²) < 4.78 is 15.2. The fraction of sp³-hybridized carbons (Fsp3) is 0.318. The highest BCUT2D eigenvalue weighted by atomic mass is 16.5. The lowest BCUT2D eigenvalue weighted by Crippen LogP contribution is -2.22. The van der Waals surface area contributed by atoms with Crippen LogP contribution < -0.4 is 20.1 Å². The van der Waals surface area contributed by atoms with Gasteiger partial charge in [-0.25, -0.2) is 0 Å². The summed E-state index contributed by atoms with van der Waals surface area (Å²) in [5, 5.41) is 5.36. The number of anilines is 2. The van der Waals surface area contributed by atoms with Crippen LogP contribution in [0.3, 0.4) is 0 Å². The average molecular weight is 414 g/mol. The molecule has 0 aromatic heterocycles. The molecule has 2 rings (SSSR count). The van der Waals surface area contributed by atoms with Crippen molar-refractivity contribution < 1.29 is 28.6 Å². The summed E-state index contributed by atoms with van der Waals surface area (Å²) >= 11 is 0. The Hall–Kier alpha value is -3.55. The lowest BCUT2D eigenvalue weighted by molar-refractivity contribution is -0.147. The van der Waals surface area contributed by atoms with Crippen molar-refractivity contribution >= 4 is 29.2 Å². The van der Waals surface area contributed by atoms with Crippen LogP contribution in [0.2, 0.25) is 0 Å². The standard InChI is InChI=1S/C22H26N2O6/c1-14-5-7-17(15(2)11-14)23-20(25)9-10-22(27)30-13-21(26)24-18-12-16(28-3)6-8-19(18)29-4/h5-8,11-12H,9-10,13H2,1-4H3,(H,23,25)(H,24,26). The van der Waals surface area contributed by atoms with Crippen LogP contribution in [-0.2, 0) is 19.1 Å². The summed E-state index contributed by atoms with van der Waals surface area (Å²) in [5.74, 6) is -0.492. The maximum absolute atomic E-state index is 12.1. The molecular weight excluding hydrogens is 388 g/mol. The number of nitrogens with one attached hydrogen (secondary N) is 2. The van der Waals surface area contributed by atoms with Crippen LogP contribution in [0.15, 0.2) is 36.4 Å². The Kier molecular flexibility index (Phi) is 8.22. The van der Waals surface area contributed by atoms with Gasteiger partial charge in [-0.3, -0.25) is 14.4 Å². The molecule has 2 N–H and O–H groups in total. The Balaban J connectivity index is 1.77. The van der Waals surface area contributed by atoms with Gasteiger partial charge in [0, 0.05) is 18.2 Å². The molecule has 0 saturated heterocycles. The molecular formula is C22H26N2O6. The fourth-order valence-electron chi connectivity index (χ4n) is 2.70. The third kappa shape index (κ3) is 6.80. The van der Waals surface area contributed by atoms with E-state index in [4.69, 9.17) is 14.2 Å². The zero-order valence-corrected chi connectivity index (χ0v) is 17.5. The molecule has 0 saturated carbocycles. The minimum Gasteiger partial charge on any atom is -0.497 e. The van der Waals surface area contributed by atoms with E-state index in [0.29, 0.717) is 22.9 Å². The number of ether oxygens (including phenoxy) is 3. The molecule has 8 nitrogen and oxygen atoms in total. The number of esters is 1. The van der Waals surface area contributed by atoms with Gasteiger partial charge >= 0.3 is 5.97 Å². The number of rotatable bonds is 9. The third-order valence-corrected chi connectivity index (χ3v) is 4.26. The fourth-order valence-corrected chi connectivity index (χ4v) is 2.70. The van der Waals surface area contributed by atoms with E-state index in [-0.39, 0.29) is 18.7 Å². The highest BCUT2D eigenvalue weighted by Gasteiger charge is 2.13. The van der Waals surface area contributed by atoms with E-state index in [1.807, 2.05) is 32.0 Å². The van der Waals surface area contributed by atoms with E-state index in [9.17, 15) is 14.4 Å². The van der Waals surface area contributed by atoms with Gasteiger partial charge in [-0.05, 0) is 37.6 Å². The number of hydrogen-bond acceptors (Lipinski definition) is 6. The number of carbonyl (C=O) groups excluding carboxylic acids is 3. The van der Waals surface area contributed by atoms with E-state index >= 15 is 0 Å². The van der Waals surface area contributed by atoms with E-state index in [0.717, 1.165) is 11.1 Å². The molecule has 0 aliphatic carbocycles. The van der Waals surface area contributed by atoms with Gasteiger partial charge in [-0.15, -0.1) is 0 Å². The average Bonchev–Trinajstić information content (AvgIpc) is 2.72. The number of benzene rings is 2. The van der Waals surface area contributed by atoms with Crippen molar-refractivity contribution in [1.29, 1.82) is 0 Å². The van der Waals surface area contributed by atoms with E-state index in [2.05, 4.69) is 10.6 Å². The topological polar surface area (TPSA) is 103 Å². The molecule has 0 fully saturated rings. The van der Waals surface area contributed by atoms with Crippen molar-refractivity contribution in [2.45, 2.75) is 26.7 Å². The van der Waals surface area contributed by atoms with Gasteiger partial charge in [0.2, 0.25) is 5.91 Å². The molecule has 0 spiro atoms. The molecule has 0 aliphatic rings. The number of aryl methyl sites for hydroxylation is 2. The predicted molar refractivity (Wildman–Crippen MR) is 113 cm³/mol. The quantitative estimate of drug-likeness (QED) is 0.611. The smallest absolute Gasteiger partial charge is 0.306 e. The zero-order valence-electron chi connectivity index (χ0n) is 17.5. The van der Waals surface area contributed by atoms with Crippen LogP contribution in [0, 0.1) is 13.8 Å². The molecule has 8 heteroatoms. The maximum atomic E-state index is 12.1. The van der Waals surface area contributed by atoms with Gasteiger partial charge < -0.3 is 24.8 Å². The van der Waals surface area contributed by atoms with Gasteiger partial charge in [-0.2, -0.15) is 0 Å². The Bertz CT molecular complexity index is 926. The van der Waals surface area contributed by atoms with E-state index < -0.39 is 18.5 Å². The van der Waals surface area contributed by atoms with Crippen molar-refractivity contribution in [1.82, 2.24) is 0 Å². The summed E-state index contributed by atoms with van der Waals surface area (Å²) in [4.78, 5) is 36.0. The molecule has 0 unspecified atom stereocenters. The van der Waals surface area contributed by atoms with Crippen LogP contribution in [0.4, 0.5) is 11.4 Å². The Morgan fingerprint density at radius 1 is 0.833 bits per heavy atom. The second-order valence-corrected chi connectivity index (χ2v) is 6.64. The van der Waals surface area contributed by atoms with Gasteiger partial charge in [-0.1, -0.05) is 17.7 Å². The van der Waals surface area contributed by atoms with Gasteiger partial charge in [0.1, 0.15) is 11.5 Å². The van der Waals surface area contributed by atoms with Crippen LogP contribution in [0.1, 0.15) is 24.0 Å². The van der Waals surface area contributed by atoms with Crippen LogP contribution in [0.5, 0.6) is 11.5 Å². The normalized spacial score (nSPS) is 10.1. The van der Waals surface area contributed by atoms with Gasteiger partial charge in [0.05, 0.1) is 26.3 Å². The lowest BCUT2D eigenvalue weighted by atomic mass is 10.1. The summed E-state index contributed by atoms with van der Waals surface area (Å²) in [6, 6.07) is 10.6. The Morgan fingerprint density at radius 3 is 2.23 bits per heavy atom. The number of methoxy groups -OCH3 is 2. The minimum absolute atomic E-state index is 0.0442. The molecule has 30 heavy (non-hydrogen) atoms. The van der Waals surface area contributed by atoms with Crippen LogP contribution in [-0.4, -0.2) is 38.6 Å². The largest absolute Gasteiger partial charge is 0.497 e. The highest BCUT2D eigenvalue weighted by Crippen LogP contribution is 2.28. The molecule has 0 heterocycles. The Morgan fingerprint density at radius 2 is 1.57 bits per heavy atom. The van der Waals surface area contributed by atoms with Crippen molar-refractivity contribution in [3.63, 3.8) is 0 Å². The molecule has 0 radical (unpaired) electrons. The van der Waals surface area contributed by atoms with Crippen molar-refractivity contribution in [2.24, 2.45) is 0 Å². The van der Waals surface area contributed by atoms with E-state index in [1.54, 1.807) is 18.2 Å². The molecule has 0 bridgehead atoms. The summed E-state index contributed by atoms with van der Waals surface area (Å²) in [5.41, 5.74) is 3.13. The summed E-state index contributed by atoms with van der Waals surface area (Å²) in [6.45, 7) is 3.39.